The molecule has 2 aromatic rings. The third kappa shape index (κ3) is 2.12. The lowest BCUT2D eigenvalue weighted by Crippen LogP contribution is -2.19. The summed E-state index contributed by atoms with van der Waals surface area (Å²) in [7, 11) is 0. The first-order valence-electron chi connectivity index (χ1n) is 5.97. The van der Waals surface area contributed by atoms with Crippen LogP contribution in [0.15, 0.2) is 6.07 Å². The molecule has 6 heteroatoms. The summed E-state index contributed by atoms with van der Waals surface area (Å²) in [5.74, 6) is -3.03. The van der Waals surface area contributed by atoms with Crippen LogP contribution in [0, 0.1) is 39.3 Å². The van der Waals surface area contributed by atoms with E-state index in [4.69, 9.17) is 11.6 Å². The molecule has 0 radical (unpaired) electrons. The normalized spacial score (nSPS) is 10.9. The van der Waals surface area contributed by atoms with Crippen molar-refractivity contribution >= 4 is 17.5 Å². The number of aromatic nitrogens is 2. The van der Waals surface area contributed by atoms with Crippen LogP contribution in [0.2, 0.25) is 5.02 Å². The lowest BCUT2D eigenvalue weighted by Gasteiger charge is -2.12. The SMILES string of the molecule is Cc1cc(C)n(C(=O)c2c(C)c(Cl)c(C)c(F)c2F)n1. The number of carbonyl (C=O) groups excluding carboxylic acids is 1. The van der Waals surface area contributed by atoms with Gasteiger partial charge in [0.05, 0.1) is 16.3 Å². The summed E-state index contributed by atoms with van der Waals surface area (Å²) < 4.78 is 28.9. The van der Waals surface area contributed by atoms with E-state index in [-0.39, 0.29) is 21.7 Å². The van der Waals surface area contributed by atoms with E-state index in [9.17, 15) is 13.6 Å². The van der Waals surface area contributed by atoms with Crippen LogP contribution in [0.25, 0.3) is 0 Å². The van der Waals surface area contributed by atoms with Gasteiger partial charge in [-0.2, -0.15) is 5.10 Å². The van der Waals surface area contributed by atoms with Gasteiger partial charge in [0.2, 0.25) is 0 Å². The van der Waals surface area contributed by atoms with Gasteiger partial charge >= 0.3 is 0 Å². The zero-order valence-electron chi connectivity index (χ0n) is 11.5. The topological polar surface area (TPSA) is 34.9 Å². The van der Waals surface area contributed by atoms with Crippen molar-refractivity contribution in [3.8, 4) is 0 Å². The van der Waals surface area contributed by atoms with Crippen molar-refractivity contribution < 1.29 is 13.6 Å². The molecule has 1 heterocycles. The molecule has 0 saturated heterocycles. The Kier molecular flexibility index (Phi) is 3.65. The molecule has 0 bridgehead atoms. The van der Waals surface area contributed by atoms with Crippen molar-refractivity contribution in [3.63, 3.8) is 0 Å². The van der Waals surface area contributed by atoms with Crippen molar-refractivity contribution in [1.29, 1.82) is 0 Å². The highest BCUT2D eigenvalue weighted by atomic mass is 35.5. The van der Waals surface area contributed by atoms with Crippen LogP contribution >= 0.6 is 11.6 Å². The highest BCUT2D eigenvalue weighted by Crippen LogP contribution is 2.29. The first kappa shape index (κ1) is 14.7. The largest absolute Gasteiger partial charge is 0.281 e. The van der Waals surface area contributed by atoms with Crippen molar-refractivity contribution in [2.24, 2.45) is 0 Å². The first-order valence-corrected chi connectivity index (χ1v) is 6.35. The molecule has 0 aliphatic carbocycles. The summed E-state index contributed by atoms with van der Waals surface area (Å²) in [6.45, 7) is 6.22. The Morgan fingerprint density at radius 1 is 1.15 bits per heavy atom. The Hall–Kier alpha value is -1.75. The van der Waals surface area contributed by atoms with Crippen molar-refractivity contribution in [3.05, 3.63) is 50.8 Å². The molecule has 1 aromatic carbocycles. The van der Waals surface area contributed by atoms with Gasteiger partial charge in [-0.3, -0.25) is 4.79 Å². The zero-order chi connectivity index (χ0) is 15.2. The van der Waals surface area contributed by atoms with Gasteiger partial charge in [-0.15, -0.1) is 0 Å². The molecule has 0 aliphatic heterocycles. The van der Waals surface area contributed by atoms with E-state index < -0.39 is 17.5 Å². The predicted octanol–water partition coefficient (Wildman–Crippen LogP) is 3.74. The fourth-order valence-electron chi connectivity index (χ4n) is 2.12. The maximum atomic E-state index is 14.1. The van der Waals surface area contributed by atoms with Gasteiger partial charge in [0.15, 0.2) is 11.6 Å². The first-order chi connectivity index (χ1) is 9.25. The minimum absolute atomic E-state index is 0.00779. The summed E-state index contributed by atoms with van der Waals surface area (Å²) in [5, 5.41) is 4.04. The van der Waals surface area contributed by atoms with E-state index >= 15 is 0 Å². The molecule has 3 nitrogen and oxygen atoms in total. The molecule has 0 atom stereocenters. The minimum Gasteiger partial charge on any atom is -0.267 e. The molecule has 20 heavy (non-hydrogen) atoms. The van der Waals surface area contributed by atoms with Crippen LogP contribution in [0.1, 0.15) is 32.9 Å². The molecule has 0 unspecified atom stereocenters. The molecule has 106 valence electrons. The third-order valence-electron chi connectivity index (χ3n) is 3.19. The summed E-state index contributed by atoms with van der Waals surface area (Å²) in [6.07, 6.45) is 0. The molecular weight excluding hydrogens is 286 g/mol. The lowest BCUT2D eigenvalue weighted by molar-refractivity contribution is 0.0936. The number of carbonyl (C=O) groups is 1. The molecule has 0 N–H and O–H groups in total. The average molecular weight is 299 g/mol. The van der Waals surface area contributed by atoms with Gasteiger partial charge in [0.1, 0.15) is 0 Å². The third-order valence-corrected chi connectivity index (χ3v) is 3.76. The Balaban J connectivity index is 2.70. The smallest absolute Gasteiger partial charge is 0.267 e. The van der Waals surface area contributed by atoms with E-state index in [0.717, 1.165) is 4.68 Å². The Morgan fingerprint density at radius 2 is 1.75 bits per heavy atom. The molecule has 0 spiro atoms. The second-order valence-corrected chi connectivity index (χ2v) is 5.09. The van der Waals surface area contributed by atoms with Crippen molar-refractivity contribution in [1.82, 2.24) is 9.78 Å². The van der Waals surface area contributed by atoms with Gasteiger partial charge in [-0.1, -0.05) is 11.6 Å². The van der Waals surface area contributed by atoms with E-state index in [0.29, 0.717) is 11.4 Å². The Morgan fingerprint density at radius 3 is 2.25 bits per heavy atom. The lowest BCUT2D eigenvalue weighted by atomic mass is 10.0. The number of halogens is 3. The fraction of sp³-hybridized carbons (Fsp3) is 0.286. The minimum atomic E-state index is -1.19. The number of aryl methyl sites for hydroxylation is 2. The van der Waals surface area contributed by atoms with Crippen molar-refractivity contribution in [2.75, 3.05) is 0 Å². The summed E-state index contributed by atoms with van der Waals surface area (Å²) in [4.78, 5) is 12.4. The van der Waals surface area contributed by atoms with E-state index in [1.807, 2.05) is 0 Å². The quantitative estimate of drug-likeness (QED) is 0.752. The predicted molar refractivity (Wildman–Crippen MR) is 72.3 cm³/mol. The van der Waals surface area contributed by atoms with Crippen LogP contribution in [0.5, 0.6) is 0 Å². The zero-order valence-corrected chi connectivity index (χ0v) is 12.3. The van der Waals surface area contributed by atoms with Crippen LogP contribution in [-0.2, 0) is 0 Å². The van der Waals surface area contributed by atoms with E-state index in [1.54, 1.807) is 19.9 Å². The highest BCUT2D eigenvalue weighted by molar-refractivity contribution is 6.32. The number of nitrogens with zero attached hydrogens (tertiary/aromatic N) is 2. The number of hydrogen-bond donors (Lipinski definition) is 0. The van der Waals surface area contributed by atoms with E-state index in [1.165, 1.54) is 13.8 Å². The highest BCUT2D eigenvalue weighted by Gasteiger charge is 2.26. The number of benzene rings is 1. The van der Waals surface area contributed by atoms with Crippen LogP contribution in [-0.4, -0.2) is 15.7 Å². The molecule has 0 aliphatic rings. The average Bonchev–Trinajstić information content (AvgIpc) is 2.73. The monoisotopic (exact) mass is 298 g/mol. The fourth-order valence-corrected chi connectivity index (χ4v) is 2.30. The second-order valence-electron chi connectivity index (χ2n) is 4.71. The second kappa shape index (κ2) is 4.98. The summed E-state index contributed by atoms with van der Waals surface area (Å²) >= 11 is 5.95. The van der Waals surface area contributed by atoms with Crippen LogP contribution < -0.4 is 0 Å². The molecular formula is C14H13ClF2N2O. The van der Waals surface area contributed by atoms with Gasteiger partial charge in [0.25, 0.3) is 5.91 Å². The van der Waals surface area contributed by atoms with Crippen LogP contribution in [0.4, 0.5) is 8.78 Å². The van der Waals surface area contributed by atoms with Gasteiger partial charge in [-0.05, 0) is 39.3 Å². The van der Waals surface area contributed by atoms with Crippen LogP contribution in [0.3, 0.4) is 0 Å². The molecule has 0 fully saturated rings. The molecule has 2 rings (SSSR count). The Bertz CT molecular complexity index is 693. The Labute approximate surface area is 120 Å². The van der Waals surface area contributed by atoms with Crippen molar-refractivity contribution in [2.45, 2.75) is 27.7 Å². The number of hydrogen-bond acceptors (Lipinski definition) is 2. The molecule has 0 amide bonds. The standard InChI is InChI=1S/C14H13ClF2N2O/c1-6-5-7(2)19(18-6)14(20)10-8(3)11(15)9(4)12(16)13(10)17/h5H,1-4H3. The van der Waals surface area contributed by atoms with Gasteiger partial charge in [-0.25, -0.2) is 13.5 Å². The summed E-state index contributed by atoms with van der Waals surface area (Å²) in [6, 6.07) is 1.68. The van der Waals surface area contributed by atoms with Gasteiger partial charge in [0, 0.05) is 11.3 Å². The molecule has 1 aromatic heterocycles. The number of rotatable bonds is 1. The van der Waals surface area contributed by atoms with E-state index in [2.05, 4.69) is 5.10 Å². The maximum absolute atomic E-state index is 14.1. The molecule has 0 saturated carbocycles. The van der Waals surface area contributed by atoms with Gasteiger partial charge < -0.3 is 0 Å². The summed E-state index contributed by atoms with van der Waals surface area (Å²) in [5.41, 5.74) is 0.979. The maximum Gasteiger partial charge on any atom is 0.281 e.